The van der Waals surface area contributed by atoms with E-state index >= 15 is 0 Å². The summed E-state index contributed by atoms with van der Waals surface area (Å²) in [5.74, 6) is 0.552. The van der Waals surface area contributed by atoms with Gasteiger partial charge in [-0.05, 0) is 37.0 Å². The minimum Gasteiger partial charge on any atom is -0.361 e. The van der Waals surface area contributed by atoms with Crippen LogP contribution in [0.1, 0.15) is 66.7 Å². The molecule has 1 N–H and O–H groups in total. The molecule has 0 saturated carbocycles. The molecule has 2 aromatic rings. The Morgan fingerprint density at radius 3 is 3.00 bits per heavy atom. The average Bonchev–Trinajstić information content (AvgIpc) is 3.29. The van der Waals surface area contributed by atoms with Crippen molar-refractivity contribution in [1.82, 2.24) is 20.4 Å². The molecule has 7 nitrogen and oxygen atoms in total. The Labute approximate surface area is 152 Å². The number of nitrogens with zero attached hydrogens (tertiary/aromatic N) is 3. The lowest BCUT2D eigenvalue weighted by Crippen LogP contribution is -2.31. The number of hydrogen-bond acceptors (Lipinski definition) is 5. The molecule has 7 heteroatoms. The molecule has 0 aromatic carbocycles. The van der Waals surface area contributed by atoms with Gasteiger partial charge in [0, 0.05) is 32.2 Å². The fourth-order valence-electron chi connectivity index (χ4n) is 3.30. The molecule has 0 unspecified atom stereocenters. The lowest BCUT2D eigenvalue weighted by Gasteiger charge is -2.24. The van der Waals surface area contributed by atoms with Gasteiger partial charge in [-0.25, -0.2) is 0 Å². The number of pyridine rings is 1. The van der Waals surface area contributed by atoms with Crippen molar-refractivity contribution in [3.05, 3.63) is 47.1 Å². The first kappa shape index (κ1) is 18.1. The zero-order valence-corrected chi connectivity index (χ0v) is 15.2. The molecular formula is C19H24N4O3. The minimum atomic E-state index is -0.0983. The highest BCUT2D eigenvalue weighted by Crippen LogP contribution is 2.33. The van der Waals surface area contributed by atoms with Crippen molar-refractivity contribution in [2.45, 2.75) is 52.1 Å². The number of nitrogens with one attached hydrogen (secondary N) is 1. The van der Waals surface area contributed by atoms with Crippen molar-refractivity contribution in [1.29, 1.82) is 0 Å². The standard InChI is InChI=1S/C19H24N4O3/c1-3-5-16-11-17(22-26-16)19(25)23-9-4-6-18(23)14-7-8-20-15(10-14)12-21-13(2)24/h7-8,10-11,18H,3-6,9,12H2,1-2H3,(H,21,24)/t18-/m1/s1. The number of rotatable bonds is 6. The highest BCUT2D eigenvalue weighted by atomic mass is 16.5. The van der Waals surface area contributed by atoms with E-state index in [4.69, 9.17) is 4.52 Å². The molecule has 0 spiro atoms. The monoisotopic (exact) mass is 356 g/mol. The van der Waals surface area contributed by atoms with E-state index in [1.54, 1.807) is 12.3 Å². The summed E-state index contributed by atoms with van der Waals surface area (Å²) in [6, 6.07) is 5.62. The molecule has 0 aliphatic carbocycles. The molecular weight excluding hydrogens is 332 g/mol. The van der Waals surface area contributed by atoms with Gasteiger partial charge >= 0.3 is 0 Å². The summed E-state index contributed by atoms with van der Waals surface area (Å²) < 4.78 is 5.25. The van der Waals surface area contributed by atoms with Gasteiger partial charge in [-0.15, -0.1) is 0 Å². The molecule has 1 aliphatic heterocycles. The Hall–Kier alpha value is -2.70. The Balaban J connectivity index is 1.76. The molecule has 1 atom stereocenters. The number of aryl methyl sites for hydroxylation is 1. The molecule has 138 valence electrons. The number of amides is 2. The van der Waals surface area contributed by atoms with Gasteiger partial charge in [-0.2, -0.15) is 0 Å². The van der Waals surface area contributed by atoms with E-state index in [-0.39, 0.29) is 17.9 Å². The van der Waals surface area contributed by atoms with Gasteiger partial charge in [0.15, 0.2) is 5.69 Å². The lowest BCUT2D eigenvalue weighted by molar-refractivity contribution is -0.119. The summed E-state index contributed by atoms with van der Waals surface area (Å²) in [4.78, 5) is 30.1. The number of aromatic nitrogens is 2. The van der Waals surface area contributed by atoms with Crippen molar-refractivity contribution < 1.29 is 14.1 Å². The summed E-state index contributed by atoms with van der Waals surface area (Å²) in [6.07, 6.45) is 5.29. The van der Waals surface area contributed by atoms with Gasteiger partial charge in [0.25, 0.3) is 5.91 Å². The molecule has 0 bridgehead atoms. The molecule has 0 radical (unpaired) electrons. The van der Waals surface area contributed by atoms with Gasteiger partial charge in [0.2, 0.25) is 5.91 Å². The fraction of sp³-hybridized carbons (Fsp3) is 0.474. The summed E-state index contributed by atoms with van der Waals surface area (Å²) in [6.45, 7) is 4.62. The average molecular weight is 356 g/mol. The first-order valence-electron chi connectivity index (χ1n) is 9.04. The van der Waals surface area contributed by atoms with Gasteiger partial charge in [-0.1, -0.05) is 12.1 Å². The normalized spacial score (nSPS) is 16.7. The summed E-state index contributed by atoms with van der Waals surface area (Å²) in [5, 5.41) is 6.70. The highest BCUT2D eigenvalue weighted by molar-refractivity contribution is 5.92. The van der Waals surface area contributed by atoms with Crippen LogP contribution in [0.2, 0.25) is 0 Å². The van der Waals surface area contributed by atoms with Gasteiger partial charge in [0.1, 0.15) is 5.76 Å². The second-order valence-electron chi connectivity index (χ2n) is 6.58. The number of carbonyl (C=O) groups is 2. The Morgan fingerprint density at radius 2 is 2.23 bits per heavy atom. The predicted molar refractivity (Wildman–Crippen MR) is 95.3 cm³/mol. The number of likely N-dealkylation sites (tertiary alicyclic amines) is 1. The Bertz CT molecular complexity index is 787. The van der Waals surface area contributed by atoms with Crippen LogP contribution in [0.15, 0.2) is 28.9 Å². The third-order valence-electron chi connectivity index (χ3n) is 4.53. The molecule has 1 saturated heterocycles. The van der Waals surface area contributed by atoms with Crippen molar-refractivity contribution in [2.75, 3.05) is 6.54 Å². The molecule has 3 heterocycles. The van der Waals surface area contributed by atoms with E-state index in [0.717, 1.165) is 42.7 Å². The van der Waals surface area contributed by atoms with E-state index in [0.29, 0.717) is 18.8 Å². The Morgan fingerprint density at radius 1 is 1.38 bits per heavy atom. The largest absolute Gasteiger partial charge is 0.361 e. The fourth-order valence-corrected chi connectivity index (χ4v) is 3.30. The molecule has 26 heavy (non-hydrogen) atoms. The van der Waals surface area contributed by atoms with E-state index < -0.39 is 0 Å². The zero-order valence-electron chi connectivity index (χ0n) is 15.2. The van der Waals surface area contributed by atoms with Crippen LogP contribution < -0.4 is 5.32 Å². The van der Waals surface area contributed by atoms with Crippen molar-refractivity contribution in [3.8, 4) is 0 Å². The predicted octanol–water partition coefficient (Wildman–Crippen LogP) is 2.64. The van der Waals surface area contributed by atoms with Gasteiger partial charge in [-0.3, -0.25) is 14.6 Å². The maximum Gasteiger partial charge on any atom is 0.276 e. The molecule has 3 rings (SSSR count). The molecule has 2 amide bonds. The van der Waals surface area contributed by atoms with Crippen molar-refractivity contribution in [2.24, 2.45) is 0 Å². The first-order valence-corrected chi connectivity index (χ1v) is 9.04. The molecule has 1 fully saturated rings. The number of carbonyl (C=O) groups excluding carboxylic acids is 2. The van der Waals surface area contributed by atoms with Crippen LogP contribution in [0, 0.1) is 0 Å². The summed E-state index contributed by atoms with van der Waals surface area (Å²) in [7, 11) is 0. The van der Waals surface area contributed by atoms with Crippen LogP contribution in [-0.4, -0.2) is 33.4 Å². The van der Waals surface area contributed by atoms with Crippen LogP contribution in [0.5, 0.6) is 0 Å². The van der Waals surface area contributed by atoms with E-state index in [2.05, 4.69) is 22.4 Å². The minimum absolute atomic E-state index is 0.00657. The summed E-state index contributed by atoms with van der Waals surface area (Å²) in [5.41, 5.74) is 2.18. The van der Waals surface area contributed by atoms with Crippen molar-refractivity contribution in [3.63, 3.8) is 0 Å². The van der Waals surface area contributed by atoms with E-state index in [9.17, 15) is 9.59 Å². The van der Waals surface area contributed by atoms with Crippen LogP contribution in [-0.2, 0) is 17.8 Å². The zero-order chi connectivity index (χ0) is 18.5. The molecule has 1 aliphatic rings. The third kappa shape index (κ3) is 4.09. The van der Waals surface area contributed by atoms with Crippen LogP contribution in [0.25, 0.3) is 0 Å². The van der Waals surface area contributed by atoms with E-state index in [1.165, 1.54) is 6.92 Å². The summed E-state index contributed by atoms with van der Waals surface area (Å²) >= 11 is 0. The number of hydrogen-bond donors (Lipinski definition) is 1. The lowest BCUT2D eigenvalue weighted by atomic mass is 10.0. The molecule has 2 aromatic heterocycles. The van der Waals surface area contributed by atoms with Crippen molar-refractivity contribution >= 4 is 11.8 Å². The first-order chi connectivity index (χ1) is 12.6. The quantitative estimate of drug-likeness (QED) is 0.859. The Kier molecular flexibility index (Phi) is 5.65. The van der Waals surface area contributed by atoms with E-state index in [1.807, 2.05) is 17.0 Å². The van der Waals surface area contributed by atoms with Crippen LogP contribution in [0.4, 0.5) is 0 Å². The van der Waals surface area contributed by atoms with Crippen LogP contribution >= 0.6 is 0 Å². The highest BCUT2D eigenvalue weighted by Gasteiger charge is 2.32. The smallest absolute Gasteiger partial charge is 0.276 e. The second kappa shape index (κ2) is 8.12. The SMILES string of the molecule is CCCc1cc(C(=O)N2CCC[C@@H]2c2ccnc(CNC(C)=O)c2)no1. The van der Waals surface area contributed by atoms with Crippen LogP contribution in [0.3, 0.4) is 0 Å². The van der Waals surface area contributed by atoms with Gasteiger partial charge in [0.05, 0.1) is 18.3 Å². The maximum absolute atomic E-state index is 12.9. The maximum atomic E-state index is 12.9. The van der Waals surface area contributed by atoms with Gasteiger partial charge < -0.3 is 14.7 Å². The second-order valence-corrected chi connectivity index (χ2v) is 6.58. The third-order valence-corrected chi connectivity index (χ3v) is 4.53. The topological polar surface area (TPSA) is 88.3 Å².